The fourth-order valence-corrected chi connectivity index (χ4v) is 0.577. The monoisotopic (exact) mass is 131 g/mol. The number of rotatable bonds is 3. The van der Waals surface area contributed by atoms with Crippen LogP contribution in [0.25, 0.3) is 0 Å². The van der Waals surface area contributed by atoms with E-state index >= 15 is 0 Å². The minimum atomic E-state index is -0.240. The van der Waals surface area contributed by atoms with Crippen molar-refractivity contribution in [3.05, 3.63) is 0 Å². The van der Waals surface area contributed by atoms with Crippen LogP contribution < -0.4 is 5.73 Å². The largest absolute Gasteiger partial charge is 0.463 e. The smallest absolute Gasteiger partial charge is 0.302 e. The van der Waals surface area contributed by atoms with Crippen molar-refractivity contribution in [1.29, 1.82) is 0 Å². The lowest BCUT2D eigenvalue weighted by atomic mass is 10.3. The molecule has 0 aromatic heterocycles. The van der Waals surface area contributed by atoms with Gasteiger partial charge < -0.3 is 10.5 Å². The molecule has 9 heavy (non-hydrogen) atoms. The maximum absolute atomic E-state index is 10.3. The number of carbonyl (C=O) groups is 1. The summed E-state index contributed by atoms with van der Waals surface area (Å²) in [5.41, 5.74) is 5.21. The number of hydrogen-bond acceptors (Lipinski definition) is 3. The van der Waals surface area contributed by atoms with E-state index in [9.17, 15) is 4.79 Å². The highest BCUT2D eigenvalue weighted by molar-refractivity contribution is 5.66. The van der Waals surface area contributed by atoms with Crippen molar-refractivity contribution in [3.63, 3.8) is 0 Å². The summed E-state index contributed by atoms with van der Waals surface area (Å²) >= 11 is 0. The Bertz CT molecular complexity index is 93.1. The molecular weight excluding hydrogens is 118 g/mol. The minimum Gasteiger partial charge on any atom is -0.463 e. The lowest BCUT2D eigenvalue weighted by Gasteiger charge is -2.08. The first-order valence-corrected chi connectivity index (χ1v) is 3.04. The summed E-state index contributed by atoms with van der Waals surface area (Å²) in [6, 6.07) is 0. The summed E-state index contributed by atoms with van der Waals surface area (Å²) in [7, 11) is 0. The Morgan fingerprint density at radius 1 is 1.78 bits per heavy atom. The van der Waals surface area contributed by atoms with Crippen molar-refractivity contribution in [2.75, 3.05) is 6.54 Å². The van der Waals surface area contributed by atoms with Gasteiger partial charge in [-0.2, -0.15) is 0 Å². The number of nitrogens with two attached hydrogens (primary N) is 1. The molecule has 0 bridgehead atoms. The second-order valence-corrected chi connectivity index (χ2v) is 2.00. The summed E-state index contributed by atoms with van der Waals surface area (Å²) in [6.45, 7) is 3.79. The van der Waals surface area contributed by atoms with Crippen molar-refractivity contribution < 1.29 is 9.53 Å². The highest BCUT2D eigenvalue weighted by atomic mass is 16.5. The molecule has 0 spiro atoms. The molecule has 0 aliphatic heterocycles. The highest BCUT2D eigenvalue weighted by Crippen LogP contribution is 1.94. The van der Waals surface area contributed by atoms with Crippen molar-refractivity contribution in [1.82, 2.24) is 0 Å². The summed E-state index contributed by atoms with van der Waals surface area (Å²) in [5, 5.41) is 0. The first kappa shape index (κ1) is 8.43. The molecule has 0 aromatic carbocycles. The minimum absolute atomic E-state index is 0.0347. The third-order valence-corrected chi connectivity index (χ3v) is 0.940. The van der Waals surface area contributed by atoms with Gasteiger partial charge in [-0.1, -0.05) is 0 Å². The lowest BCUT2D eigenvalue weighted by Crippen LogP contribution is -2.16. The van der Waals surface area contributed by atoms with Crippen LogP contribution >= 0.6 is 0 Å². The van der Waals surface area contributed by atoms with Crippen molar-refractivity contribution in [2.24, 2.45) is 5.73 Å². The standard InChI is InChI=1S/C6H13NO2/c1-5(3-4-7)9-6(2)8/h5H,3-4,7H2,1-2H3. The van der Waals surface area contributed by atoms with E-state index in [1.54, 1.807) is 0 Å². The molecule has 0 aliphatic rings. The molecule has 0 saturated heterocycles. The van der Waals surface area contributed by atoms with E-state index in [0.717, 1.165) is 6.42 Å². The fraction of sp³-hybridized carbons (Fsp3) is 0.833. The molecule has 0 rings (SSSR count). The zero-order chi connectivity index (χ0) is 7.28. The van der Waals surface area contributed by atoms with Gasteiger partial charge in [0, 0.05) is 6.92 Å². The summed E-state index contributed by atoms with van der Waals surface area (Å²) in [4.78, 5) is 10.3. The molecule has 0 fully saturated rings. The van der Waals surface area contributed by atoms with Crippen LogP contribution in [0.1, 0.15) is 20.3 Å². The van der Waals surface area contributed by atoms with Crippen LogP contribution in [0.4, 0.5) is 0 Å². The molecule has 0 saturated carbocycles. The van der Waals surface area contributed by atoms with E-state index in [1.165, 1.54) is 6.92 Å². The van der Waals surface area contributed by atoms with Gasteiger partial charge in [0.05, 0.1) is 0 Å². The zero-order valence-electron chi connectivity index (χ0n) is 5.89. The normalized spacial score (nSPS) is 12.8. The molecule has 0 aliphatic carbocycles. The van der Waals surface area contributed by atoms with Crippen LogP contribution in [0.3, 0.4) is 0 Å². The van der Waals surface area contributed by atoms with E-state index in [1.807, 2.05) is 6.92 Å². The van der Waals surface area contributed by atoms with Crippen LogP contribution in [0.5, 0.6) is 0 Å². The fourth-order valence-electron chi connectivity index (χ4n) is 0.577. The maximum Gasteiger partial charge on any atom is 0.302 e. The topological polar surface area (TPSA) is 52.3 Å². The van der Waals surface area contributed by atoms with Gasteiger partial charge in [0.1, 0.15) is 6.10 Å². The highest BCUT2D eigenvalue weighted by Gasteiger charge is 2.01. The van der Waals surface area contributed by atoms with Crippen LogP contribution in [0.15, 0.2) is 0 Å². The number of hydrogen-bond donors (Lipinski definition) is 1. The SMILES string of the molecule is CC(=O)OC(C)CCN. The average Bonchev–Trinajstić information content (AvgIpc) is 1.63. The van der Waals surface area contributed by atoms with Gasteiger partial charge in [0.25, 0.3) is 0 Å². The molecule has 0 heterocycles. The summed E-state index contributed by atoms with van der Waals surface area (Å²) < 4.78 is 4.77. The van der Waals surface area contributed by atoms with E-state index in [-0.39, 0.29) is 12.1 Å². The van der Waals surface area contributed by atoms with Gasteiger partial charge in [0.2, 0.25) is 0 Å². The quantitative estimate of drug-likeness (QED) is 0.560. The Morgan fingerprint density at radius 3 is 2.67 bits per heavy atom. The number of ether oxygens (including phenoxy) is 1. The predicted octanol–water partition coefficient (Wildman–Crippen LogP) is 0.287. The zero-order valence-corrected chi connectivity index (χ0v) is 5.89. The Balaban J connectivity index is 3.26. The Hall–Kier alpha value is -0.570. The van der Waals surface area contributed by atoms with E-state index in [0.29, 0.717) is 6.54 Å². The van der Waals surface area contributed by atoms with Crippen LogP contribution in [-0.4, -0.2) is 18.6 Å². The molecule has 3 heteroatoms. The van der Waals surface area contributed by atoms with Crippen molar-refractivity contribution in [3.8, 4) is 0 Å². The average molecular weight is 131 g/mol. The van der Waals surface area contributed by atoms with Gasteiger partial charge in [-0.3, -0.25) is 4.79 Å². The first-order valence-electron chi connectivity index (χ1n) is 3.04. The molecule has 0 aromatic rings. The summed E-state index contributed by atoms with van der Waals surface area (Å²) in [5.74, 6) is -0.240. The van der Waals surface area contributed by atoms with Crippen LogP contribution in [0.2, 0.25) is 0 Å². The third kappa shape index (κ3) is 5.30. The Labute approximate surface area is 55.2 Å². The Morgan fingerprint density at radius 2 is 2.33 bits per heavy atom. The van der Waals surface area contributed by atoms with Gasteiger partial charge in [-0.25, -0.2) is 0 Å². The van der Waals surface area contributed by atoms with E-state index in [2.05, 4.69) is 0 Å². The van der Waals surface area contributed by atoms with Crippen LogP contribution in [0, 0.1) is 0 Å². The first-order chi connectivity index (χ1) is 4.16. The van der Waals surface area contributed by atoms with Gasteiger partial charge in [-0.05, 0) is 19.9 Å². The molecule has 0 radical (unpaired) electrons. The van der Waals surface area contributed by atoms with Gasteiger partial charge >= 0.3 is 5.97 Å². The van der Waals surface area contributed by atoms with E-state index in [4.69, 9.17) is 10.5 Å². The lowest BCUT2D eigenvalue weighted by molar-refractivity contribution is -0.145. The maximum atomic E-state index is 10.3. The van der Waals surface area contributed by atoms with Gasteiger partial charge in [0.15, 0.2) is 0 Å². The number of esters is 1. The van der Waals surface area contributed by atoms with Gasteiger partial charge in [-0.15, -0.1) is 0 Å². The second kappa shape index (κ2) is 4.32. The third-order valence-electron chi connectivity index (χ3n) is 0.940. The molecular formula is C6H13NO2. The molecule has 1 unspecified atom stereocenters. The Kier molecular flexibility index (Phi) is 4.05. The molecule has 0 amide bonds. The van der Waals surface area contributed by atoms with Crippen LogP contribution in [-0.2, 0) is 9.53 Å². The van der Waals surface area contributed by atoms with E-state index < -0.39 is 0 Å². The molecule has 3 nitrogen and oxygen atoms in total. The van der Waals surface area contributed by atoms with Crippen molar-refractivity contribution >= 4 is 5.97 Å². The molecule has 54 valence electrons. The molecule has 2 N–H and O–H groups in total. The van der Waals surface area contributed by atoms with Crippen molar-refractivity contribution in [2.45, 2.75) is 26.4 Å². The number of carbonyl (C=O) groups excluding carboxylic acids is 1. The predicted molar refractivity (Wildman–Crippen MR) is 34.9 cm³/mol. The summed E-state index contributed by atoms with van der Waals surface area (Å²) in [6.07, 6.45) is 0.701. The second-order valence-electron chi connectivity index (χ2n) is 2.00. The molecule has 1 atom stereocenters.